The number of ether oxygens (including phenoxy) is 1. The van der Waals surface area contributed by atoms with Gasteiger partial charge in [0.15, 0.2) is 5.41 Å². The Labute approximate surface area is 90.6 Å². The molecule has 0 saturated heterocycles. The molecule has 0 fully saturated rings. The van der Waals surface area contributed by atoms with Crippen LogP contribution in [0.2, 0.25) is 0 Å². The highest BCUT2D eigenvalue weighted by Crippen LogP contribution is 2.37. The van der Waals surface area contributed by atoms with Crippen molar-refractivity contribution in [3.63, 3.8) is 0 Å². The second kappa shape index (κ2) is 5.14. The first-order valence-corrected chi connectivity index (χ1v) is 5.22. The van der Waals surface area contributed by atoms with Gasteiger partial charge in [-0.2, -0.15) is 0 Å². The zero-order chi connectivity index (χ0) is 12.2. The Bertz CT molecular complexity index is 235. The van der Waals surface area contributed by atoms with Crippen LogP contribution in [0.15, 0.2) is 0 Å². The average Bonchev–Trinajstić information content (AvgIpc) is 2.02. The van der Waals surface area contributed by atoms with Crippen molar-refractivity contribution in [2.24, 2.45) is 17.3 Å². The van der Waals surface area contributed by atoms with Crippen LogP contribution in [0.1, 0.15) is 34.6 Å². The van der Waals surface area contributed by atoms with Gasteiger partial charge in [0.25, 0.3) is 0 Å². The lowest BCUT2D eigenvalue weighted by Gasteiger charge is -2.34. The number of aliphatic carboxylic acids is 1. The van der Waals surface area contributed by atoms with Crippen molar-refractivity contribution in [2.45, 2.75) is 34.6 Å². The predicted molar refractivity (Wildman–Crippen MR) is 56.4 cm³/mol. The van der Waals surface area contributed by atoms with Gasteiger partial charge < -0.3 is 9.84 Å². The molecule has 0 unspecified atom stereocenters. The highest BCUT2D eigenvalue weighted by Gasteiger charge is 2.52. The predicted octanol–water partition coefficient (Wildman–Crippen LogP) is 1.93. The van der Waals surface area contributed by atoms with Crippen molar-refractivity contribution < 1.29 is 19.4 Å². The number of rotatable bonds is 5. The van der Waals surface area contributed by atoms with E-state index >= 15 is 0 Å². The van der Waals surface area contributed by atoms with E-state index in [9.17, 15) is 14.7 Å². The van der Waals surface area contributed by atoms with Gasteiger partial charge in [-0.25, -0.2) is 0 Å². The van der Waals surface area contributed by atoms with Gasteiger partial charge in [0.05, 0.1) is 6.61 Å². The van der Waals surface area contributed by atoms with Crippen LogP contribution >= 0.6 is 0 Å². The highest BCUT2D eigenvalue weighted by molar-refractivity contribution is 5.99. The first kappa shape index (κ1) is 13.9. The topological polar surface area (TPSA) is 63.6 Å². The summed E-state index contributed by atoms with van der Waals surface area (Å²) in [6, 6.07) is 0. The van der Waals surface area contributed by atoms with E-state index in [1.54, 1.807) is 34.6 Å². The van der Waals surface area contributed by atoms with Gasteiger partial charge in [-0.1, -0.05) is 27.7 Å². The van der Waals surface area contributed by atoms with Crippen molar-refractivity contribution in [3.05, 3.63) is 0 Å². The molecule has 15 heavy (non-hydrogen) atoms. The van der Waals surface area contributed by atoms with Crippen molar-refractivity contribution >= 4 is 11.9 Å². The van der Waals surface area contributed by atoms with E-state index < -0.39 is 17.4 Å². The lowest BCUT2D eigenvalue weighted by Crippen LogP contribution is -2.49. The number of hydrogen-bond donors (Lipinski definition) is 1. The van der Waals surface area contributed by atoms with Gasteiger partial charge in [-0.15, -0.1) is 0 Å². The van der Waals surface area contributed by atoms with Gasteiger partial charge in [-0.05, 0) is 18.8 Å². The van der Waals surface area contributed by atoms with Gasteiger partial charge >= 0.3 is 11.9 Å². The Morgan fingerprint density at radius 2 is 1.60 bits per heavy atom. The van der Waals surface area contributed by atoms with E-state index in [0.29, 0.717) is 0 Å². The second-order valence-electron chi connectivity index (χ2n) is 4.20. The monoisotopic (exact) mass is 216 g/mol. The Kier molecular flexibility index (Phi) is 4.78. The zero-order valence-electron chi connectivity index (χ0n) is 10.0. The molecular weight excluding hydrogens is 196 g/mol. The molecule has 0 aliphatic carbocycles. The molecular formula is C11H20O4. The maximum Gasteiger partial charge on any atom is 0.324 e. The molecule has 0 radical (unpaired) electrons. The van der Waals surface area contributed by atoms with E-state index in [-0.39, 0.29) is 18.4 Å². The summed E-state index contributed by atoms with van der Waals surface area (Å²) >= 11 is 0. The zero-order valence-corrected chi connectivity index (χ0v) is 10.0. The molecule has 88 valence electrons. The molecule has 0 amide bonds. The number of carbonyl (C=O) groups is 2. The van der Waals surface area contributed by atoms with E-state index in [1.165, 1.54) is 0 Å². The average molecular weight is 216 g/mol. The molecule has 0 spiro atoms. The van der Waals surface area contributed by atoms with Gasteiger partial charge in [0, 0.05) is 0 Å². The standard InChI is InChI=1S/C11H20O4/c1-6-15-10(14)11(7(2)3,8(4)5)9(12)13/h7-8H,6H2,1-5H3,(H,12,13). The van der Waals surface area contributed by atoms with E-state index in [2.05, 4.69) is 0 Å². The minimum Gasteiger partial charge on any atom is -0.480 e. The van der Waals surface area contributed by atoms with Gasteiger partial charge in [0.2, 0.25) is 0 Å². The van der Waals surface area contributed by atoms with Gasteiger partial charge in [-0.3, -0.25) is 9.59 Å². The first-order chi connectivity index (χ1) is 6.81. The molecule has 0 atom stereocenters. The molecule has 0 aromatic rings. The number of hydrogen-bond acceptors (Lipinski definition) is 3. The molecule has 4 heteroatoms. The second-order valence-corrected chi connectivity index (χ2v) is 4.20. The third-order valence-electron chi connectivity index (χ3n) is 2.79. The third-order valence-corrected chi connectivity index (χ3v) is 2.79. The molecule has 1 N–H and O–H groups in total. The Morgan fingerprint density at radius 1 is 1.20 bits per heavy atom. The molecule has 0 saturated carbocycles. The fourth-order valence-corrected chi connectivity index (χ4v) is 1.97. The summed E-state index contributed by atoms with van der Waals surface area (Å²) < 4.78 is 4.87. The van der Waals surface area contributed by atoms with E-state index in [1.807, 2.05) is 0 Å². The molecule has 0 bridgehead atoms. The summed E-state index contributed by atoms with van der Waals surface area (Å²) in [6.07, 6.45) is 0. The fraction of sp³-hybridized carbons (Fsp3) is 0.818. The highest BCUT2D eigenvalue weighted by atomic mass is 16.5. The Morgan fingerprint density at radius 3 is 1.80 bits per heavy atom. The summed E-state index contributed by atoms with van der Waals surface area (Å²) in [5, 5.41) is 9.26. The van der Waals surface area contributed by atoms with Crippen molar-refractivity contribution in [1.82, 2.24) is 0 Å². The summed E-state index contributed by atoms with van der Waals surface area (Å²) in [4.78, 5) is 23.1. The lowest BCUT2D eigenvalue weighted by molar-refractivity contribution is -0.176. The molecule has 0 aliphatic heterocycles. The molecule has 0 heterocycles. The molecule has 4 nitrogen and oxygen atoms in total. The van der Waals surface area contributed by atoms with Crippen molar-refractivity contribution in [3.8, 4) is 0 Å². The summed E-state index contributed by atoms with van der Waals surface area (Å²) in [5.74, 6) is -2.34. The maximum absolute atomic E-state index is 11.8. The van der Waals surface area contributed by atoms with E-state index in [0.717, 1.165) is 0 Å². The quantitative estimate of drug-likeness (QED) is 0.563. The van der Waals surface area contributed by atoms with Crippen LogP contribution in [-0.2, 0) is 14.3 Å². The fourth-order valence-electron chi connectivity index (χ4n) is 1.97. The molecule has 0 aromatic carbocycles. The Hall–Kier alpha value is -1.06. The largest absolute Gasteiger partial charge is 0.480 e. The van der Waals surface area contributed by atoms with Crippen LogP contribution in [0.3, 0.4) is 0 Å². The SMILES string of the molecule is CCOC(=O)C(C(=O)O)(C(C)C)C(C)C. The minimum absolute atomic E-state index is 0.202. The number of carbonyl (C=O) groups excluding carboxylic acids is 1. The van der Waals surface area contributed by atoms with Crippen LogP contribution in [0, 0.1) is 17.3 Å². The Balaban J connectivity index is 5.32. The van der Waals surface area contributed by atoms with Crippen LogP contribution in [0.4, 0.5) is 0 Å². The summed E-state index contributed by atoms with van der Waals surface area (Å²) in [7, 11) is 0. The third kappa shape index (κ3) is 2.30. The van der Waals surface area contributed by atoms with Crippen molar-refractivity contribution in [2.75, 3.05) is 6.61 Å². The number of carboxylic acids is 1. The van der Waals surface area contributed by atoms with Gasteiger partial charge in [0.1, 0.15) is 0 Å². The number of esters is 1. The summed E-state index contributed by atoms with van der Waals surface area (Å²) in [6.45, 7) is 8.78. The van der Waals surface area contributed by atoms with Crippen LogP contribution in [0.5, 0.6) is 0 Å². The first-order valence-electron chi connectivity index (χ1n) is 5.22. The van der Waals surface area contributed by atoms with Crippen molar-refractivity contribution in [1.29, 1.82) is 0 Å². The molecule has 0 rings (SSSR count). The van der Waals surface area contributed by atoms with Crippen LogP contribution < -0.4 is 0 Å². The maximum atomic E-state index is 11.8. The lowest BCUT2D eigenvalue weighted by atomic mass is 9.69. The molecule has 0 aromatic heterocycles. The van der Waals surface area contributed by atoms with E-state index in [4.69, 9.17) is 4.74 Å². The smallest absolute Gasteiger partial charge is 0.324 e. The van der Waals surface area contributed by atoms with Crippen LogP contribution in [-0.4, -0.2) is 23.7 Å². The number of carboxylic acid groups (broad SMARTS) is 1. The summed E-state index contributed by atoms with van der Waals surface area (Å²) in [5.41, 5.74) is -1.43. The normalized spacial score (nSPS) is 11.9. The van der Waals surface area contributed by atoms with Crippen LogP contribution in [0.25, 0.3) is 0 Å². The molecule has 0 aliphatic rings. The minimum atomic E-state index is -1.43.